The number of nitrogens with zero attached hydrogens (tertiary/aromatic N) is 1. The fourth-order valence-corrected chi connectivity index (χ4v) is 3.05. The molecule has 9 heteroatoms. The van der Waals surface area contributed by atoms with E-state index >= 15 is 0 Å². The number of carbonyl (C=O) groups excluding carboxylic acids is 4. The van der Waals surface area contributed by atoms with Gasteiger partial charge in [-0.3, -0.25) is 19.3 Å². The normalized spacial score (nSPS) is 16.0. The highest BCUT2D eigenvalue weighted by atomic mass is 16.6. The summed E-state index contributed by atoms with van der Waals surface area (Å²) in [7, 11) is 1.57. The summed E-state index contributed by atoms with van der Waals surface area (Å²) in [4.78, 5) is 49.7. The number of benzene rings is 1. The molecule has 164 valence electrons. The molecule has 0 aliphatic carbocycles. The van der Waals surface area contributed by atoms with Crippen molar-refractivity contribution in [3.63, 3.8) is 0 Å². The van der Waals surface area contributed by atoms with Gasteiger partial charge in [0.15, 0.2) is 0 Å². The molecule has 3 N–H and O–H groups in total. The second-order valence-corrected chi connectivity index (χ2v) is 8.14. The van der Waals surface area contributed by atoms with E-state index in [4.69, 9.17) is 4.74 Å². The standard InChI is InChI=1S/C21H30N4O5/c1-21(2,3)30-20(29)25-11-5-6-16(25)19(28)23-13-18(27)24-15-9-7-14(8-10-15)12-17(26)22-4/h7-10,16H,5-6,11-13H2,1-4H3,(H,22,26)(H,23,28)(H,24,27). The van der Waals surface area contributed by atoms with Gasteiger partial charge in [0.05, 0.1) is 13.0 Å². The summed E-state index contributed by atoms with van der Waals surface area (Å²) in [6, 6.07) is 6.25. The molecule has 1 fully saturated rings. The first kappa shape index (κ1) is 23.2. The average Bonchev–Trinajstić information content (AvgIpc) is 3.16. The van der Waals surface area contributed by atoms with Gasteiger partial charge >= 0.3 is 6.09 Å². The van der Waals surface area contributed by atoms with Gasteiger partial charge in [-0.1, -0.05) is 12.1 Å². The minimum Gasteiger partial charge on any atom is -0.444 e. The Bertz CT molecular complexity index is 786. The molecule has 1 aromatic rings. The number of ether oxygens (including phenoxy) is 1. The molecular formula is C21H30N4O5. The van der Waals surface area contributed by atoms with Crippen LogP contribution in [-0.2, 0) is 25.5 Å². The van der Waals surface area contributed by atoms with E-state index in [9.17, 15) is 19.2 Å². The van der Waals surface area contributed by atoms with E-state index in [-0.39, 0.29) is 30.7 Å². The van der Waals surface area contributed by atoms with E-state index in [0.29, 0.717) is 25.1 Å². The van der Waals surface area contributed by atoms with Crippen molar-refractivity contribution in [2.24, 2.45) is 0 Å². The smallest absolute Gasteiger partial charge is 0.410 e. The molecule has 1 atom stereocenters. The molecule has 0 aromatic heterocycles. The predicted molar refractivity (Wildman–Crippen MR) is 112 cm³/mol. The Morgan fingerprint density at radius 2 is 1.77 bits per heavy atom. The molecule has 9 nitrogen and oxygen atoms in total. The number of carbonyl (C=O) groups is 4. The maximum absolute atomic E-state index is 12.5. The first-order valence-corrected chi connectivity index (χ1v) is 9.96. The van der Waals surface area contributed by atoms with Crippen LogP contribution in [0.3, 0.4) is 0 Å². The first-order chi connectivity index (χ1) is 14.1. The second kappa shape index (κ2) is 10.1. The number of anilines is 1. The molecular weight excluding hydrogens is 388 g/mol. The monoisotopic (exact) mass is 418 g/mol. The van der Waals surface area contributed by atoms with Crippen LogP contribution in [0.15, 0.2) is 24.3 Å². The van der Waals surface area contributed by atoms with E-state index in [1.807, 2.05) is 0 Å². The van der Waals surface area contributed by atoms with Gasteiger partial charge in [0.2, 0.25) is 17.7 Å². The molecule has 30 heavy (non-hydrogen) atoms. The lowest BCUT2D eigenvalue weighted by atomic mass is 10.1. The maximum atomic E-state index is 12.5. The highest BCUT2D eigenvalue weighted by Gasteiger charge is 2.36. The van der Waals surface area contributed by atoms with E-state index < -0.39 is 17.7 Å². The Hall–Kier alpha value is -3.10. The van der Waals surface area contributed by atoms with Crippen molar-refractivity contribution in [3.05, 3.63) is 29.8 Å². The zero-order valence-electron chi connectivity index (χ0n) is 17.9. The van der Waals surface area contributed by atoms with Crippen molar-refractivity contribution in [1.29, 1.82) is 0 Å². The number of amides is 4. The van der Waals surface area contributed by atoms with Crippen LogP contribution in [0.25, 0.3) is 0 Å². The zero-order valence-corrected chi connectivity index (χ0v) is 17.9. The van der Waals surface area contributed by atoms with Gasteiger partial charge in [0.1, 0.15) is 11.6 Å². The summed E-state index contributed by atoms with van der Waals surface area (Å²) in [6.45, 7) is 5.54. The Kier molecular flexibility index (Phi) is 7.79. The van der Waals surface area contributed by atoms with E-state index in [0.717, 1.165) is 5.56 Å². The zero-order chi connectivity index (χ0) is 22.3. The third-order valence-electron chi connectivity index (χ3n) is 4.49. The Balaban J connectivity index is 1.83. The first-order valence-electron chi connectivity index (χ1n) is 9.96. The number of hydrogen-bond donors (Lipinski definition) is 3. The third-order valence-corrected chi connectivity index (χ3v) is 4.49. The highest BCUT2D eigenvalue weighted by Crippen LogP contribution is 2.21. The lowest BCUT2D eigenvalue weighted by Crippen LogP contribution is -2.48. The summed E-state index contributed by atoms with van der Waals surface area (Å²) < 4.78 is 5.35. The molecule has 2 rings (SSSR count). The Labute approximate surface area is 176 Å². The maximum Gasteiger partial charge on any atom is 0.410 e. The fourth-order valence-electron chi connectivity index (χ4n) is 3.05. The summed E-state index contributed by atoms with van der Waals surface area (Å²) in [5, 5.41) is 7.82. The average molecular weight is 418 g/mol. The van der Waals surface area contributed by atoms with Crippen LogP contribution in [0.4, 0.5) is 10.5 Å². The van der Waals surface area contributed by atoms with Crippen LogP contribution in [0, 0.1) is 0 Å². The van der Waals surface area contributed by atoms with Crippen molar-refractivity contribution < 1.29 is 23.9 Å². The molecule has 1 aliphatic heterocycles. The molecule has 0 spiro atoms. The van der Waals surface area contributed by atoms with Gasteiger partial charge in [-0.25, -0.2) is 4.79 Å². The molecule has 0 saturated carbocycles. The van der Waals surface area contributed by atoms with Gasteiger partial charge in [-0.2, -0.15) is 0 Å². The van der Waals surface area contributed by atoms with Crippen LogP contribution in [-0.4, -0.2) is 60.5 Å². The number of likely N-dealkylation sites (N-methyl/N-ethyl adjacent to an activating group) is 1. The minimum atomic E-state index is -0.642. The van der Waals surface area contributed by atoms with Crippen LogP contribution in [0.2, 0.25) is 0 Å². The Morgan fingerprint density at radius 3 is 2.37 bits per heavy atom. The van der Waals surface area contributed by atoms with E-state index in [2.05, 4.69) is 16.0 Å². The lowest BCUT2D eigenvalue weighted by molar-refractivity contribution is -0.127. The Morgan fingerprint density at radius 1 is 1.10 bits per heavy atom. The van der Waals surface area contributed by atoms with Gasteiger partial charge < -0.3 is 20.7 Å². The second-order valence-electron chi connectivity index (χ2n) is 8.14. The highest BCUT2D eigenvalue weighted by molar-refractivity contribution is 5.96. The summed E-state index contributed by atoms with van der Waals surface area (Å²) >= 11 is 0. The molecule has 4 amide bonds. The van der Waals surface area contributed by atoms with Crippen molar-refractivity contribution in [2.75, 3.05) is 25.5 Å². The fraction of sp³-hybridized carbons (Fsp3) is 0.524. The van der Waals surface area contributed by atoms with Crippen molar-refractivity contribution in [1.82, 2.24) is 15.5 Å². The molecule has 1 heterocycles. The van der Waals surface area contributed by atoms with E-state index in [1.165, 1.54) is 4.90 Å². The molecule has 1 aliphatic rings. The van der Waals surface area contributed by atoms with Crippen molar-refractivity contribution in [2.45, 2.75) is 51.7 Å². The summed E-state index contributed by atoms with van der Waals surface area (Å²) in [6.07, 6.45) is 0.961. The number of rotatable bonds is 6. The van der Waals surface area contributed by atoms with Crippen molar-refractivity contribution >= 4 is 29.5 Å². The molecule has 0 radical (unpaired) electrons. The predicted octanol–water partition coefficient (Wildman–Crippen LogP) is 1.43. The summed E-state index contributed by atoms with van der Waals surface area (Å²) in [5.74, 6) is -0.861. The molecule has 0 bridgehead atoms. The van der Waals surface area contributed by atoms with Crippen LogP contribution in [0.5, 0.6) is 0 Å². The minimum absolute atomic E-state index is 0.0955. The topological polar surface area (TPSA) is 117 Å². The van der Waals surface area contributed by atoms with Crippen LogP contribution >= 0.6 is 0 Å². The van der Waals surface area contributed by atoms with Crippen molar-refractivity contribution in [3.8, 4) is 0 Å². The van der Waals surface area contributed by atoms with E-state index in [1.54, 1.807) is 52.1 Å². The third kappa shape index (κ3) is 7.06. The van der Waals surface area contributed by atoms with Gasteiger partial charge in [0.25, 0.3) is 0 Å². The lowest BCUT2D eigenvalue weighted by Gasteiger charge is -2.28. The van der Waals surface area contributed by atoms with Crippen LogP contribution < -0.4 is 16.0 Å². The largest absolute Gasteiger partial charge is 0.444 e. The number of hydrogen-bond acceptors (Lipinski definition) is 5. The SMILES string of the molecule is CNC(=O)Cc1ccc(NC(=O)CNC(=O)C2CCCN2C(=O)OC(C)(C)C)cc1. The molecule has 1 saturated heterocycles. The number of likely N-dealkylation sites (tertiary alicyclic amines) is 1. The molecule has 1 unspecified atom stereocenters. The van der Waals surface area contributed by atoms with Crippen LogP contribution in [0.1, 0.15) is 39.2 Å². The quantitative estimate of drug-likeness (QED) is 0.646. The number of nitrogens with one attached hydrogen (secondary N) is 3. The van der Waals surface area contributed by atoms with Gasteiger partial charge in [0, 0.05) is 19.3 Å². The van der Waals surface area contributed by atoms with Gasteiger partial charge in [-0.15, -0.1) is 0 Å². The van der Waals surface area contributed by atoms with Gasteiger partial charge in [-0.05, 0) is 51.3 Å². The molecule has 1 aromatic carbocycles. The summed E-state index contributed by atoms with van der Waals surface area (Å²) in [5.41, 5.74) is 0.742.